The monoisotopic (exact) mass is 369 g/mol. The van der Waals surface area contributed by atoms with Crippen LogP contribution in [0.1, 0.15) is 37.7 Å². The van der Waals surface area contributed by atoms with E-state index in [1.165, 1.54) is 12.7 Å². The second kappa shape index (κ2) is 9.90. The predicted octanol–water partition coefficient (Wildman–Crippen LogP) is 3.27. The van der Waals surface area contributed by atoms with Crippen LogP contribution in [0.4, 0.5) is 0 Å². The van der Waals surface area contributed by atoms with Gasteiger partial charge in [-0.25, -0.2) is 4.98 Å². The van der Waals surface area contributed by atoms with E-state index in [0.717, 1.165) is 45.2 Å². The fraction of sp³-hybridized carbons (Fsp3) is 0.476. The second-order valence-corrected chi connectivity index (χ2v) is 6.77. The molecule has 1 aliphatic heterocycles. The Bertz CT molecular complexity index is 716. The van der Waals surface area contributed by atoms with Crippen LogP contribution >= 0.6 is 0 Å². The average Bonchev–Trinajstić information content (AvgIpc) is 2.72. The molecule has 0 bridgehead atoms. The summed E-state index contributed by atoms with van der Waals surface area (Å²) < 4.78 is 10.9. The molecule has 144 valence electrons. The van der Waals surface area contributed by atoms with Crippen molar-refractivity contribution in [3.63, 3.8) is 0 Å². The molecular formula is C21H27N3O3. The van der Waals surface area contributed by atoms with Crippen LogP contribution in [-0.2, 0) is 11.2 Å². The van der Waals surface area contributed by atoms with E-state index < -0.39 is 0 Å². The zero-order chi connectivity index (χ0) is 18.9. The normalized spacial score (nSPS) is 14.8. The van der Waals surface area contributed by atoms with Crippen LogP contribution in [0.2, 0.25) is 0 Å². The average molecular weight is 369 g/mol. The Hall–Kier alpha value is -2.63. The summed E-state index contributed by atoms with van der Waals surface area (Å²) >= 11 is 0. The summed E-state index contributed by atoms with van der Waals surface area (Å²) in [5.41, 5.74) is 1.34. The lowest BCUT2D eigenvalue weighted by atomic mass is 10.0. The minimum atomic E-state index is 0.0757. The fourth-order valence-electron chi connectivity index (χ4n) is 3.29. The van der Waals surface area contributed by atoms with Crippen molar-refractivity contribution < 1.29 is 14.3 Å². The van der Waals surface area contributed by atoms with Gasteiger partial charge >= 0.3 is 6.01 Å². The zero-order valence-corrected chi connectivity index (χ0v) is 15.8. The van der Waals surface area contributed by atoms with Crippen LogP contribution in [0, 0.1) is 0 Å². The van der Waals surface area contributed by atoms with Gasteiger partial charge in [-0.2, -0.15) is 4.98 Å². The molecule has 0 spiro atoms. The molecule has 3 rings (SSSR count). The summed E-state index contributed by atoms with van der Waals surface area (Å²) in [5, 5.41) is 0. The van der Waals surface area contributed by atoms with Crippen molar-refractivity contribution in [1.29, 1.82) is 0 Å². The zero-order valence-electron chi connectivity index (χ0n) is 15.8. The van der Waals surface area contributed by atoms with E-state index in [4.69, 9.17) is 9.47 Å². The third-order valence-corrected chi connectivity index (χ3v) is 4.82. The van der Waals surface area contributed by atoms with Gasteiger partial charge in [-0.15, -0.1) is 0 Å². The molecule has 1 aliphatic rings. The number of nitrogens with zero attached hydrogens (tertiary/aromatic N) is 3. The molecule has 1 fully saturated rings. The quantitative estimate of drug-likeness (QED) is 0.668. The summed E-state index contributed by atoms with van der Waals surface area (Å²) in [6.07, 6.45) is 6.98. The number of benzene rings is 1. The van der Waals surface area contributed by atoms with E-state index >= 15 is 0 Å². The van der Waals surface area contributed by atoms with Crippen molar-refractivity contribution >= 4 is 5.91 Å². The van der Waals surface area contributed by atoms with E-state index in [1.54, 1.807) is 12.3 Å². The van der Waals surface area contributed by atoms with Crippen LogP contribution < -0.4 is 9.47 Å². The first-order valence-electron chi connectivity index (χ1n) is 9.60. The third-order valence-electron chi connectivity index (χ3n) is 4.82. The highest BCUT2D eigenvalue weighted by molar-refractivity contribution is 5.76. The molecule has 0 aliphatic carbocycles. The summed E-state index contributed by atoms with van der Waals surface area (Å²) in [6, 6.07) is 12.5. The Morgan fingerprint density at radius 1 is 1.15 bits per heavy atom. The first-order chi connectivity index (χ1) is 13.2. The van der Waals surface area contributed by atoms with Crippen molar-refractivity contribution in [3.05, 3.63) is 48.2 Å². The van der Waals surface area contributed by atoms with Crippen molar-refractivity contribution in [1.82, 2.24) is 14.9 Å². The van der Waals surface area contributed by atoms with E-state index in [9.17, 15) is 4.79 Å². The van der Waals surface area contributed by atoms with E-state index in [-0.39, 0.29) is 12.0 Å². The number of methoxy groups -OCH3 is 1. The molecule has 1 aromatic heterocycles. The third kappa shape index (κ3) is 5.94. The van der Waals surface area contributed by atoms with Gasteiger partial charge in [0.15, 0.2) is 0 Å². The van der Waals surface area contributed by atoms with Gasteiger partial charge in [-0.1, -0.05) is 30.3 Å². The predicted molar refractivity (Wildman–Crippen MR) is 103 cm³/mol. The lowest BCUT2D eigenvalue weighted by Crippen LogP contribution is -2.41. The molecule has 1 amide bonds. The van der Waals surface area contributed by atoms with E-state index in [2.05, 4.69) is 34.2 Å². The maximum absolute atomic E-state index is 12.4. The standard InChI is InChI=1S/C21H27N3O3/c1-26-21-22-14-11-19(23-21)27-18-12-15-24(16-13-18)20(25)10-6-5-9-17-7-3-2-4-8-17/h2-4,7-8,11,14,18H,5-6,9-10,12-13,15-16H2,1H3. The van der Waals surface area contributed by atoms with E-state index in [0.29, 0.717) is 18.3 Å². The van der Waals surface area contributed by atoms with Crippen molar-refractivity contribution in [2.45, 2.75) is 44.6 Å². The summed E-state index contributed by atoms with van der Waals surface area (Å²) in [4.78, 5) is 22.5. The molecule has 0 N–H and O–H groups in total. The number of carbonyl (C=O) groups is 1. The Morgan fingerprint density at radius 2 is 1.93 bits per heavy atom. The van der Waals surface area contributed by atoms with Crippen LogP contribution in [-0.4, -0.2) is 47.1 Å². The molecule has 6 nitrogen and oxygen atoms in total. The first-order valence-corrected chi connectivity index (χ1v) is 9.60. The fourth-order valence-corrected chi connectivity index (χ4v) is 3.29. The molecule has 27 heavy (non-hydrogen) atoms. The number of hydrogen-bond acceptors (Lipinski definition) is 5. The molecule has 0 atom stereocenters. The van der Waals surface area contributed by atoms with Gasteiger partial charge < -0.3 is 14.4 Å². The molecule has 0 saturated carbocycles. The van der Waals surface area contributed by atoms with Gasteiger partial charge in [0.05, 0.1) is 7.11 Å². The Labute approximate surface area is 160 Å². The summed E-state index contributed by atoms with van der Waals surface area (Å²) in [7, 11) is 1.53. The summed E-state index contributed by atoms with van der Waals surface area (Å²) in [6.45, 7) is 1.48. The van der Waals surface area contributed by atoms with Crippen LogP contribution in [0.25, 0.3) is 0 Å². The SMILES string of the molecule is COc1nccc(OC2CCN(C(=O)CCCCc3ccccc3)CC2)n1. The number of hydrogen-bond donors (Lipinski definition) is 0. The lowest BCUT2D eigenvalue weighted by molar-refractivity contribution is -0.133. The number of aryl methyl sites for hydroxylation is 1. The van der Waals surface area contributed by atoms with Crippen molar-refractivity contribution in [2.75, 3.05) is 20.2 Å². The van der Waals surface area contributed by atoms with Crippen molar-refractivity contribution in [3.8, 4) is 11.9 Å². The van der Waals surface area contributed by atoms with Crippen LogP contribution in [0.15, 0.2) is 42.6 Å². The Balaban J connectivity index is 1.35. The number of carbonyl (C=O) groups excluding carboxylic acids is 1. The van der Waals surface area contributed by atoms with Gasteiger partial charge in [0, 0.05) is 44.6 Å². The molecule has 0 unspecified atom stereocenters. The van der Waals surface area contributed by atoms with Crippen molar-refractivity contribution in [2.24, 2.45) is 0 Å². The largest absolute Gasteiger partial charge is 0.474 e. The smallest absolute Gasteiger partial charge is 0.319 e. The van der Waals surface area contributed by atoms with Gasteiger partial charge in [0.25, 0.3) is 0 Å². The molecule has 6 heteroatoms. The number of ether oxygens (including phenoxy) is 2. The van der Waals surface area contributed by atoms with Gasteiger partial charge in [-0.3, -0.25) is 4.79 Å². The molecule has 0 radical (unpaired) electrons. The molecule has 1 saturated heterocycles. The molecule has 2 aromatic rings. The lowest BCUT2D eigenvalue weighted by Gasteiger charge is -2.32. The maximum Gasteiger partial charge on any atom is 0.319 e. The minimum absolute atomic E-state index is 0.0757. The van der Waals surface area contributed by atoms with E-state index in [1.807, 2.05) is 11.0 Å². The van der Waals surface area contributed by atoms with Crippen LogP contribution in [0.3, 0.4) is 0 Å². The molecular weight excluding hydrogens is 342 g/mol. The number of rotatable bonds is 8. The Kier molecular flexibility index (Phi) is 7.02. The second-order valence-electron chi connectivity index (χ2n) is 6.77. The minimum Gasteiger partial charge on any atom is -0.474 e. The highest BCUT2D eigenvalue weighted by atomic mass is 16.5. The number of likely N-dealkylation sites (tertiary alicyclic amines) is 1. The van der Waals surface area contributed by atoms with Gasteiger partial charge in [-0.05, 0) is 24.8 Å². The number of unbranched alkanes of at least 4 members (excludes halogenated alkanes) is 1. The maximum atomic E-state index is 12.4. The molecule has 2 heterocycles. The topological polar surface area (TPSA) is 64.6 Å². The number of piperidine rings is 1. The Morgan fingerprint density at radius 3 is 2.67 bits per heavy atom. The highest BCUT2D eigenvalue weighted by Crippen LogP contribution is 2.19. The van der Waals surface area contributed by atoms with Gasteiger partial charge in [0.2, 0.25) is 11.8 Å². The number of amides is 1. The van der Waals surface area contributed by atoms with Gasteiger partial charge in [0.1, 0.15) is 6.10 Å². The highest BCUT2D eigenvalue weighted by Gasteiger charge is 2.24. The van der Waals surface area contributed by atoms with Crippen LogP contribution in [0.5, 0.6) is 11.9 Å². The first kappa shape index (κ1) is 19.1. The summed E-state index contributed by atoms with van der Waals surface area (Å²) in [5.74, 6) is 0.776. The molecule has 1 aromatic carbocycles. The number of aromatic nitrogens is 2.